The fraction of sp³-hybridized carbons (Fsp3) is 0.222. The van der Waals surface area contributed by atoms with Crippen LogP contribution in [0.2, 0.25) is 0 Å². The van der Waals surface area contributed by atoms with Gasteiger partial charge in [0.15, 0.2) is 5.65 Å². The van der Waals surface area contributed by atoms with Crippen molar-refractivity contribution in [3.8, 4) is 5.88 Å². The molecule has 0 N–H and O–H groups in total. The molecule has 0 saturated heterocycles. The number of rotatable bonds is 2. The zero-order valence-corrected chi connectivity index (χ0v) is 7.27. The molecule has 0 aromatic carbocycles. The summed E-state index contributed by atoms with van der Waals surface area (Å²) >= 11 is 0. The normalized spacial score (nSPS) is 10.2. The Morgan fingerprint density at radius 1 is 1.38 bits per heavy atom. The lowest BCUT2D eigenvalue weighted by Gasteiger charge is -2.01. The molecule has 0 unspecified atom stereocenters. The molecular weight excluding hydrogens is 166 g/mol. The number of fused-ring (bicyclic) bond motifs is 1. The minimum Gasteiger partial charge on any atom is -0.477 e. The molecule has 2 rings (SSSR count). The van der Waals surface area contributed by atoms with Crippen LogP contribution in [0.5, 0.6) is 5.88 Å². The quantitative estimate of drug-likeness (QED) is 0.692. The van der Waals surface area contributed by atoms with Gasteiger partial charge in [0.05, 0.1) is 12.8 Å². The van der Waals surface area contributed by atoms with E-state index in [9.17, 15) is 0 Å². The van der Waals surface area contributed by atoms with Gasteiger partial charge in [-0.05, 0) is 19.1 Å². The van der Waals surface area contributed by atoms with Crippen LogP contribution >= 0.6 is 0 Å². The van der Waals surface area contributed by atoms with Crippen molar-refractivity contribution in [1.29, 1.82) is 0 Å². The Balaban J connectivity index is 2.49. The standard InChI is InChI=1S/C9H9N3O/c1-2-13-8-6-11-9-7(12-8)4-3-5-10-9/h3-6H,2H2,1H3. The molecule has 2 aromatic heterocycles. The van der Waals surface area contributed by atoms with Crippen molar-refractivity contribution in [2.75, 3.05) is 6.61 Å². The van der Waals surface area contributed by atoms with Gasteiger partial charge in [-0.25, -0.2) is 15.0 Å². The Hall–Kier alpha value is -1.71. The minimum absolute atomic E-state index is 0.544. The molecule has 2 aromatic rings. The van der Waals surface area contributed by atoms with Gasteiger partial charge in [-0.2, -0.15) is 0 Å². The van der Waals surface area contributed by atoms with E-state index in [-0.39, 0.29) is 0 Å². The van der Waals surface area contributed by atoms with Crippen LogP contribution in [0.15, 0.2) is 24.5 Å². The predicted molar refractivity (Wildman–Crippen MR) is 48.5 cm³/mol. The van der Waals surface area contributed by atoms with Gasteiger partial charge < -0.3 is 4.74 Å². The Bertz CT molecular complexity index is 416. The third-order valence-electron chi connectivity index (χ3n) is 1.59. The first kappa shape index (κ1) is 7.91. The fourth-order valence-electron chi connectivity index (χ4n) is 1.06. The van der Waals surface area contributed by atoms with Gasteiger partial charge in [0.25, 0.3) is 0 Å². The second-order valence-electron chi connectivity index (χ2n) is 2.49. The largest absolute Gasteiger partial charge is 0.477 e. The summed E-state index contributed by atoms with van der Waals surface area (Å²) in [6.07, 6.45) is 3.27. The van der Waals surface area contributed by atoms with E-state index in [2.05, 4.69) is 15.0 Å². The van der Waals surface area contributed by atoms with Crippen LogP contribution in [0.25, 0.3) is 11.2 Å². The maximum Gasteiger partial charge on any atom is 0.233 e. The summed E-state index contributed by atoms with van der Waals surface area (Å²) in [5.41, 5.74) is 1.40. The van der Waals surface area contributed by atoms with Crippen LogP contribution in [-0.2, 0) is 0 Å². The number of pyridine rings is 1. The van der Waals surface area contributed by atoms with E-state index in [4.69, 9.17) is 4.74 Å². The summed E-state index contributed by atoms with van der Waals surface area (Å²) in [6.45, 7) is 2.51. The lowest BCUT2D eigenvalue weighted by molar-refractivity contribution is 0.326. The molecule has 0 aliphatic heterocycles. The van der Waals surface area contributed by atoms with Gasteiger partial charge in [0.1, 0.15) is 5.52 Å². The summed E-state index contributed by atoms with van der Waals surface area (Å²) in [4.78, 5) is 12.4. The van der Waals surface area contributed by atoms with E-state index in [0.29, 0.717) is 18.1 Å². The van der Waals surface area contributed by atoms with E-state index < -0.39 is 0 Å². The number of hydrogen-bond donors (Lipinski definition) is 0. The van der Waals surface area contributed by atoms with Gasteiger partial charge >= 0.3 is 0 Å². The highest BCUT2D eigenvalue weighted by Crippen LogP contribution is 2.10. The molecule has 0 aliphatic rings. The average molecular weight is 175 g/mol. The Labute approximate surface area is 75.6 Å². The third kappa shape index (κ3) is 1.56. The topological polar surface area (TPSA) is 47.9 Å². The predicted octanol–water partition coefficient (Wildman–Crippen LogP) is 1.42. The van der Waals surface area contributed by atoms with Crippen molar-refractivity contribution in [2.24, 2.45) is 0 Å². The molecule has 4 nitrogen and oxygen atoms in total. The first-order valence-corrected chi connectivity index (χ1v) is 4.10. The SMILES string of the molecule is CCOc1cnc2ncccc2n1. The summed E-state index contributed by atoms with van der Waals surface area (Å²) in [6, 6.07) is 3.69. The molecule has 0 radical (unpaired) electrons. The molecule has 0 spiro atoms. The van der Waals surface area contributed by atoms with Gasteiger partial charge in [0, 0.05) is 6.20 Å². The van der Waals surface area contributed by atoms with Gasteiger partial charge in [0.2, 0.25) is 5.88 Å². The monoisotopic (exact) mass is 175 g/mol. The fourth-order valence-corrected chi connectivity index (χ4v) is 1.06. The second kappa shape index (κ2) is 3.35. The van der Waals surface area contributed by atoms with Crippen LogP contribution in [0, 0.1) is 0 Å². The average Bonchev–Trinajstić information content (AvgIpc) is 2.18. The maximum atomic E-state index is 5.21. The highest BCUT2D eigenvalue weighted by molar-refractivity contribution is 5.69. The molecule has 66 valence electrons. The number of aromatic nitrogens is 3. The summed E-state index contributed by atoms with van der Waals surface area (Å²) in [7, 11) is 0. The van der Waals surface area contributed by atoms with E-state index in [1.807, 2.05) is 19.1 Å². The molecule has 0 bridgehead atoms. The zero-order chi connectivity index (χ0) is 9.10. The van der Waals surface area contributed by atoms with E-state index in [1.54, 1.807) is 12.4 Å². The van der Waals surface area contributed by atoms with Crippen LogP contribution in [0.3, 0.4) is 0 Å². The zero-order valence-electron chi connectivity index (χ0n) is 7.27. The third-order valence-corrected chi connectivity index (χ3v) is 1.59. The lowest BCUT2D eigenvalue weighted by Crippen LogP contribution is -1.96. The van der Waals surface area contributed by atoms with E-state index in [1.165, 1.54) is 0 Å². The van der Waals surface area contributed by atoms with Crippen LogP contribution in [0.1, 0.15) is 6.92 Å². The van der Waals surface area contributed by atoms with E-state index in [0.717, 1.165) is 5.52 Å². The molecule has 0 amide bonds. The smallest absolute Gasteiger partial charge is 0.233 e. The Kier molecular flexibility index (Phi) is 2.04. The van der Waals surface area contributed by atoms with Gasteiger partial charge in [-0.3, -0.25) is 0 Å². The van der Waals surface area contributed by atoms with Crippen LogP contribution in [0.4, 0.5) is 0 Å². The van der Waals surface area contributed by atoms with Crippen molar-refractivity contribution in [3.05, 3.63) is 24.5 Å². The summed E-state index contributed by atoms with van der Waals surface area (Å²) in [5, 5.41) is 0. The van der Waals surface area contributed by atoms with Crippen LogP contribution < -0.4 is 4.74 Å². The second-order valence-corrected chi connectivity index (χ2v) is 2.49. The molecule has 0 fully saturated rings. The number of hydrogen-bond acceptors (Lipinski definition) is 4. The van der Waals surface area contributed by atoms with Crippen molar-refractivity contribution in [3.63, 3.8) is 0 Å². The molecular formula is C9H9N3O. The summed E-state index contributed by atoms with van der Waals surface area (Å²) in [5.74, 6) is 0.544. The Morgan fingerprint density at radius 3 is 3.15 bits per heavy atom. The lowest BCUT2D eigenvalue weighted by atomic mass is 10.4. The van der Waals surface area contributed by atoms with Gasteiger partial charge in [-0.15, -0.1) is 0 Å². The highest BCUT2D eigenvalue weighted by Gasteiger charge is 1.98. The maximum absolute atomic E-state index is 5.21. The molecule has 4 heteroatoms. The van der Waals surface area contributed by atoms with Gasteiger partial charge in [-0.1, -0.05) is 0 Å². The molecule has 2 heterocycles. The van der Waals surface area contributed by atoms with Crippen molar-refractivity contribution >= 4 is 11.2 Å². The van der Waals surface area contributed by atoms with Crippen molar-refractivity contribution < 1.29 is 4.74 Å². The number of ether oxygens (including phenoxy) is 1. The Morgan fingerprint density at radius 2 is 2.31 bits per heavy atom. The molecule has 0 saturated carbocycles. The first-order chi connectivity index (χ1) is 6.40. The summed E-state index contributed by atoms with van der Waals surface area (Å²) < 4.78 is 5.21. The highest BCUT2D eigenvalue weighted by atomic mass is 16.5. The van der Waals surface area contributed by atoms with Crippen molar-refractivity contribution in [1.82, 2.24) is 15.0 Å². The van der Waals surface area contributed by atoms with Crippen LogP contribution in [-0.4, -0.2) is 21.6 Å². The molecule has 13 heavy (non-hydrogen) atoms. The molecule has 0 atom stereocenters. The number of nitrogens with zero attached hydrogens (tertiary/aromatic N) is 3. The van der Waals surface area contributed by atoms with E-state index >= 15 is 0 Å². The van der Waals surface area contributed by atoms with Crippen molar-refractivity contribution in [2.45, 2.75) is 6.92 Å². The minimum atomic E-state index is 0.544. The first-order valence-electron chi connectivity index (χ1n) is 4.10. The molecule has 0 aliphatic carbocycles.